The molecule has 218 valence electrons. The van der Waals surface area contributed by atoms with Gasteiger partial charge in [0.05, 0.1) is 12.0 Å². The summed E-state index contributed by atoms with van der Waals surface area (Å²) in [5, 5.41) is 5.20. The van der Waals surface area contributed by atoms with E-state index in [1.165, 1.54) is 12.1 Å². The van der Waals surface area contributed by atoms with Crippen molar-refractivity contribution in [2.75, 3.05) is 33.3 Å². The van der Waals surface area contributed by atoms with Gasteiger partial charge < -0.3 is 25.0 Å². The quantitative estimate of drug-likeness (QED) is 0.320. The number of rotatable bonds is 12. The highest BCUT2D eigenvalue weighted by Crippen LogP contribution is 2.23. The molecule has 3 N–H and O–H groups in total. The van der Waals surface area contributed by atoms with Crippen LogP contribution in [-0.4, -0.2) is 82.1 Å². The van der Waals surface area contributed by atoms with Crippen LogP contribution < -0.4 is 15.4 Å². The van der Waals surface area contributed by atoms with Crippen LogP contribution in [0.4, 0.5) is 4.79 Å². The zero-order valence-corrected chi connectivity index (χ0v) is 23.8. The Kier molecular flexibility index (Phi) is 12.2. The van der Waals surface area contributed by atoms with Crippen LogP contribution >= 0.6 is 0 Å². The van der Waals surface area contributed by atoms with Crippen molar-refractivity contribution in [1.29, 1.82) is 0 Å². The summed E-state index contributed by atoms with van der Waals surface area (Å²) in [6, 6.07) is 6.20. The van der Waals surface area contributed by atoms with Crippen molar-refractivity contribution in [1.82, 2.24) is 20.3 Å². The second-order valence-electron chi connectivity index (χ2n) is 10.4. The lowest BCUT2D eigenvalue weighted by Gasteiger charge is -2.33. The van der Waals surface area contributed by atoms with Crippen molar-refractivity contribution in [2.24, 2.45) is 5.92 Å². The van der Waals surface area contributed by atoms with Gasteiger partial charge in [0.25, 0.3) is 0 Å². The molecule has 1 aliphatic rings. The molecule has 2 rings (SSSR count). The molecule has 3 amide bonds. The second-order valence-corrected chi connectivity index (χ2v) is 12.1. The Balaban J connectivity index is 1.67. The Labute approximate surface area is 230 Å². The van der Waals surface area contributed by atoms with Crippen molar-refractivity contribution in [2.45, 2.75) is 69.4 Å². The SMILES string of the molecule is COC(=O)C(CNC(=O)CCNC(=O)CCC1CCN(C(=O)OC(C)(C)C)CC1)NS(=O)(=O)c1ccccc1. The number of sulfonamides is 1. The standard InChI is InChI=1S/C26H40N4O8S/c1-26(2,3)38-25(34)30-16-13-19(14-17-30)10-11-22(31)27-15-12-23(32)28-18-21(24(33)37-4)29-39(35,36)20-8-6-5-7-9-20/h5-9,19,21,29H,10-18H2,1-4H3,(H,27,31)(H,28,32). The van der Waals surface area contributed by atoms with Crippen LogP contribution in [0.3, 0.4) is 0 Å². The lowest BCUT2D eigenvalue weighted by molar-refractivity contribution is -0.142. The minimum absolute atomic E-state index is 0.0264. The number of methoxy groups -OCH3 is 1. The molecule has 13 heteroatoms. The molecule has 0 saturated carbocycles. The number of likely N-dealkylation sites (tertiary alicyclic amines) is 1. The largest absolute Gasteiger partial charge is 0.468 e. The Morgan fingerprint density at radius 3 is 2.21 bits per heavy atom. The minimum atomic E-state index is -4.01. The average molecular weight is 569 g/mol. The summed E-state index contributed by atoms with van der Waals surface area (Å²) in [4.78, 5) is 50.3. The molecule has 1 aromatic rings. The molecular formula is C26H40N4O8S. The molecule has 0 aliphatic carbocycles. The number of benzene rings is 1. The molecule has 1 atom stereocenters. The molecule has 39 heavy (non-hydrogen) atoms. The van der Waals surface area contributed by atoms with Crippen LogP contribution in [-0.2, 0) is 33.9 Å². The van der Waals surface area contributed by atoms with E-state index in [0.717, 1.165) is 20.0 Å². The number of carbonyl (C=O) groups excluding carboxylic acids is 4. The third-order valence-electron chi connectivity index (χ3n) is 6.06. The van der Waals surface area contributed by atoms with Crippen molar-refractivity contribution in [3.05, 3.63) is 30.3 Å². The molecule has 1 heterocycles. The predicted octanol–water partition coefficient (Wildman–Crippen LogP) is 1.56. The summed E-state index contributed by atoms with van der Waals surface area (Å²) in [5.41, 5.74) is -0.536. The maximum absolute atomic E-state index is 12.5. The summed E-state index contributed by atoms with van der Waals surface area (Å²) in [6.07, 6.45) is 2.23. The molecule has 0 bridgehead atoms. The number of amides is 3. The van der Waals surface area contributed by atoms with E-state index < -0.39 is 33.5 Å². The maximum atomic E-state index is 12.5. The normalized spacial score (nSPS) is 15.2. The first kappa shape index (κ1) is 32.0. The van der Waals surface area contributed by atoms with Gasteiger partial charge in [-0.05, 0) is 58.1 Å². The third kappa shape index (κ3) is 11.6. The fourth-order valence-corrected chi connectivity index (χ4v) is 5.15. The summed E-state index contributed by atoms with van der Waals surface area (Å²) >= 11 is 0. The number of esters is 1. The summed E-state index contributed by atoms with van der Waals surface area (Å²) in [7, 11) is -2.89. The number of hydrogen-bond donors (Lipinski definition) is 3. The molecule has 1 aromatic carbocycles. The van der Waals surface area contributed by atoms with Crippen molar-refractivity contribution < 1.29 is 37.1 Å². The monoisotopic (exact) mass is 568 g/mol. The van der Waals surface area contributed by atoms with Gasteiger partial charge in [0.1, 0.15) is 11.6 Å². The molecule has 0 radical (unpaired) electrons. The zero-order valence-electron chi connectivity index (χ0n) is 23.0. The Hall–Kier alpha value is -3.19. The van der Waals surface area contributed by atoms with Crippen molar-refractivity contribution in [3.63, 3.8) is 0 Å². The van der Waals surface area contributed by atoms with E-state index in [9.17, 15) is 27.6 Å². The van der Waals surface area contributed by atoms with Gasteiger partial charge in [-0.1, -0.05) is 18.2 Å². The first-order chi connectivity index (χ1) is 18.3. The number of nitrogens with one attached hydrogen (secondary N) is 3. The van der Waals surface area contributed by atoms with E-state index in [4.69, 9.17) is 4.74 Å². The van der Waals surface area contributed by atoms with Crippen molar-refractivity contribution in [3.8, 4) is 0 Å². The highest BCUT2D eigenvalue weighted by Gasteiger charge is 2.28. The fraction of sp³-hybridized carbons (Fsp3) is 0.615. The Morgan fingerprint density at radius 1 is 1.00 bits per heavy atom. The molecule has 1 fully saturated rings. The number of ether oxygens (including phenoxy) is 2. The average Bonchev–Trinajstić information content (AvgIpc) is 2.89. The molecule has 1 aliphatic heterocycles. The Morgan fingerprint density at radius 2 is 1.62 bits per heavy atom. The number of piperidine rings is 1. The van der Waals surface area contributed by atoms with Crippen LogP contribution in [0.25, 0.3) is 0 Å². The van der Waals surface area contributed by atoms with Gasteiger partial charge in [0, 0.05) is 39.0 Å². The van der Waals surface area contributed by atoms with Gasteiger partial charge in [-0.15, -0.1) is 0 Å². The van der Waals surface area contributed by atoms with E-state index in [2.05, 4.69) is 20.1 Å². The second kappa shape index (κ2) is 14.8. The van der Waals surface area contributed by atoms with E-state index in [-0.39, 0.29) is 36.4 Å². The van der Waals surface area contributed by atoms with E-state index in [1.54, 1.807) is 23.1 Å². The van der Waals surface area contributed by atoms with Gasteiger partial charge in [-0.25, -0.2) is 13.2 Å². The zero-order chi connectivity index (χ0) is 29.1. The fourth-order valence-electron chi connectivity index (χ4n) is 3.94. The Bertz CT molecular complexity index is 1080. The molecular weight excluding hydrogens is 528 g/mol. The number of hydrogen-bond acceptors (Lipinski definition) is 8. The molecule has 1 saturated heterocycles. The topological polar surface area (TPSA) is 160 Å². The molecule has 1 unspecified atom stereocenters. The lowest BCUT2D eigenvalue weighted by Crippen LogP contribution is -2.49. The number of nitrogens with zero attached hydrogens (tertiary/aromatic N) is 1. The highest BCUT2D eigenvalue weighted by atomic mass is 32.2. The van der Waals surface area contributed by atoms with E-state index >= 15 is 0 Å². The smallest absolute Gasteiger partial charge is 0.410 e. The number of carbonyl (C=O) groups is 4. The highest BCUT2D eigenvalue weighted by molar-refractivity contribution is 7.89. The van der Waals surface area contributed by atoms with Crippen LogP contribution in [0.5, 0.6) is 0 Å². The van der Waals surface area contributed by atoms with E-state index in [1.807, 2.05) is 20.8 Å². The summed E-state index contributed by atoms with van der Waals surface area (Å²) < 4.78 is 37.3. The van der Waals surface area contributed by atoms with Gasteiger partial charge in [-0.2, -0.15) is 4.72 Å². The first-order valence-corrected chi connectivity index (χ1v) is 14.5. The van der Waals surface area contributed by atoms with Crippen LogP contribution in [0.2, 0.25) is 0 Å². The van der Waals surface area contributed by atoms with Gasteiger partial charge in [0.2, 0.25) is 21.8 Å². The van der Waals surface area contributed by atoms with Crippen LogP contribution in [0.1, 0.15) is 52.9 Å². The van der Waals surface area contributed by atoms with E-state index in [0.29, 0.717) is 31.8 Å². The minimum Gasteiger partial charge on any atom is -0.468 e. The molecule has 0 spiro atoms. The lowest BCUT2D eigenvalue weighted by atomic mass is 9.92. The third-order valence-corrected chi connectivity index (χ3v) is 7.55. The van der Waals surface area contributed by atoms with Crippen LogP contribution in [0, 0.1) is 5.92 Å². The molecule has 0 aromatic heterocycles. The van der Waals surface area contributed by atoms with Gasteiger partial charge in [-0.3, -0.25) is 14.4 Å². The van der Waals surface area contributed by atoms with Crippen LogP contribution in [0.15, 0.2) is 35.2 Å². The van der Waals surface area contributed by atoms with Crippen molar-refractivity contribution >= 4 is 33.9 Å². The summed E-state index contributed by atoms with van der Waals surface area (Å²) in [5.74, 6) is -1.16. The first-order valence-electron chi connectivity index (χ1n) is 13.0. The maximum Gasteiger partial charge on any atom is 0.410 e. The van der Waals surface area contributed by atoms with Gasteiger partial charge >= 0.3 is 12.1 Å². The predicted molar refractivity (Wildman–Crippen MR) is 143 cm³/mol. The van der Waals surface area contributed by atoms with Gasteiger partial charge in [0.15, 0.2) is 0 Å². The molecule has 12 nitrogen and oxygen atoms in total. The summed E-state index contributed by atoms with van der Waals surface area (Å²) in [6.45, 7) is 6.46.